The molecule has 2 heterocycles. The third-order valence-electron chi connectivity index (χ3n) is 2.03. The first-order chi connectivity index (χ1) is 8.33. The molecule has 0 fully saturated rings. The lowest BCUT2D eigenvalue weighted by atomic mass is 10.2. The highest BCUT2D eigenvalue weighted by atomic mass is 19.4. The third kappa shape index (κ3) is 2.87. The number of nitrogens with two attached hydrogens (primary N) is 2. The zero-order valence-electron chi connectivity index (χ0n) is 9.02. The number of aromatic nitrogens is 4. The summed E-state index contributed by atoms with van der Waals surface area (Å²) in [6.45, 7) is -1.16. The average molecular weight is 258 g/mol. The monoisotopic (exact) mass is 258 g/mol. The number of halogens is 3. The van der Waals surface area contributed by atoms with E-state index in [1.807, 2.05) is 0 Å². The van der Waals surface area contributed by atoms with Gasteiger partial charge < -0.3 is 11.5 Å². The minimum Gasteiger partial charge on any atom is -0.384 e. The number of rotatable bonds is 2. The molecule has 6 nitrogen and oxygen atoms in total. The standard InChI is InChI=1S/C9H9F3N6/c10-9(11,12)4-18-3-5(2-15-18)6-1-7(13)17-8(14)16-6/h1-3H,4H2,(H4,13,14,16,17). The normalized spacial score (nSPS) is 11.7. The summed E-state index contributed by atoms with van der Waals surface area (Å²) in [4.78, 5) is 7.53. The summed E-state index contributed by atoms with van der Waals surface area (Å²) >= 11 is 0. The van der Waals surface area contributed by atoms with Gasteiger partial charge in [-0.2, -0.15) is 23.3 Å². The Morgan fingerprint density at radius 2 is 1.94 bits per heavy atom. The molecule has 0 unspecified atom stereocenters. The van der Waals surface area contributed by atoms with Crippen LogP contribution < -0.4 is 11.5 Å². The molecule has 0 atom stereocenters. The molecular formula is C9H9F3N6. The second-order valence-corrected chi connectivity index (χ2v) is 3.58. The van der Waals surface area contributed by atoms with Gasteiger partial charge in [0.1, 0.15) is 12.4 Å². The summed E-state index contributed by atoms with van der Waals surface area (Å²) in [7, 11) is 0. The Balaban J connectivity index is 2.29. The largest absolute Gasteiger partial charge is 0.408 e. The summed E-state index contributed by atoms with van der Waals surface area (Å²) < 4.78 is 37.2. The average Bonchev–Trinajstić information content (AvgIpc) is 2.61. The second kappa shape index (κ2) is 4.17. The van der Waals surface area contributed by atoms with Crippen LogP contribution in [0.25, 0.3) is 11.3 Å². The van der Waals surface area contributed by atoms with Crippen molar-refractivity contribution in [1.29, 1.82) is 0 Å². The molecule has 0 aliphatic heterocycles. The van der Waals surface area contributed by atoms with E-state index in [1.54, 1.807) is 0 Å². The van der Waals surface area contributed by atoms with Crippen LogP contribution in [-0.4, -0.2) is 25.9 Å². The molecule has 0 aromatic carbocycles. The maximum Gasteiger partial charge on any atom is 0.408 e. The fourth-order valence-electron chi connectivity index (χ4n) is 1.40. The van der Waals surface area contributed by atoms with E-state index in [9.17, 15) is 13.2 Å². The smallest absolute Gasteiger partial charge is 0.384 e. The molecule has 0 aliphatic rings. The zero-order chi connectivity index (χ0) is 13.3. The molecule has 9 heteroatoms. The van der Waals surface area contributed by atoms with E-state index in [4.69, 9.17) is 11.5 Å². The molecule has 0 amide bonds. The molecule has 0 radical (unpaired) electrons. The highest BCUT2D eigenvalue weighted by molar-refractivity contribution is 5.61. The highest BCUT2D eigenvalue weighted by Gasteiger charge is 2.28. The first-order valence-electron chi connectivity index (χ1n) is 4.83. The van der Waals surface area contributed by atoms with Crippen molar-refractivity contribution in [3.8, 4) is 11.3 Å². The minimum absolute atomic E-state index is 0.0476. The molecule has 96 valence electrons. The second-order valence-electron chi connectivity index (χ2n) is 3.58. The molecule has 0 saturated carbocycles. The first kappa shape index (κ1) is 12.1. The van der Waals surface area contributed by atoms with E-state index in [-0.39, 0.29) is 11.8 Å². The van der Waals surface area contributed by atoms with Crippen LogP contribution in [-0.2, 0) is 6.54 Å². The van der Waals surface area contributed by atoms with Crippen LogP contribution in [0.15, 0.2) is 18.5 Å². The van der Waals surface area contributed by atoms with Gasteiger partial charge in [-0.1, -0.05) is 0 Å². The van der Waals surface area contributed by atoms with Gasteiger partial charge in [0.05, 0.1) is 11.9 Å². The van der Waals surface area contributed by atoms with Crippen LogP contribution in [0.5, 0.6) is 0 Å². The molecule has 4 N–H and O–H groups in total. The van der Waals surface area contributed by atoms with E-state index in [1.165, 1.54) is 18.5 Å². The van der Waals surface area contributed by atoms with Gasteiger partial charge >= 0.3 is 6.18 Å². The van der Waals surface area contributed by atoms with Crippen LogP contribution in [0.1, 0.15) is 0 Å². The summed E-state index contributed by atoms with van der Waals surface area (Å²) in [6, 6.07) is 1.41. The van der Waals surface area contributed by atoms with Gasteiger partial charge in [0.15, 0.2) is 0 Å². The van der Waals surface area contributed by atoms with E-state index < -0.39 is 12.7 Å². The van der Waals surface area contributed by atoms with Crippen LogP contribution in [0.2, 0.25) is 0 Å². The predicted octanol–water partition coefficient (Wildman–Crippen LogP) is 1.07. The van der Waals surface area contributed by atoms with E-state index in [0.29, 0.717) is 11.3 Å². The number of nitrogens with zero attached hydrogens (tertiary/aromatic N) is 4. The number of nitrogen functional groups attached to an aromatic ring is 2. The summed E-state index contributed by atoms with van der Waals surface area (Å²) in [5, 5.41) is 3.59. The summed E-state index contributed by atoms with van der Waals surface area (Å²) in [5.74, 6) is 0.0923. The molecule has 18 heavy (non-hydrogen) atoms. The molecule has 0 aliphatic carbocycles. The van der Waals surface area contributed by atoms with E-state index in [2.05, 4.69) is 15.1 Å². The molecular weight excluding hydrogens is 249 g/mol. The van der Waals surface area contributed by atoms with Crippen molar-refractivity contribution in [1.82, 2.24) is 19.7 Å². The van der Waals surface area contributed by atoms with Crippen molar-refractivity contribution >= 4 is 11.8 Å². The predicted molar refractivity (Wildman–Crippen MR) is 58.1 cm³/mol. The molecule has 2 aromatic heterocycles. The Morgan fingerprint density at radius 3 is 2.56 bits per heavy atom. The lowest BCUT2D eigenvalue weighted by Gasteiger charge is -2.05. The Labute approximate surface area is 99.4 Å². The fourth-order valence-corrected chi connectivity index (χ4v) is 1.40. The molecule has 0 saturated heterocycles. The Kier molecular flexibility index (Phi) is 2.81. The minimum atomic E-state index is -4.33. The van der Waals surface area contributed by atoms with Crippen molar-refractivity contribution in [2.75, 3.05) is 11.5 Å². The van der Waals surface area contributed by atoms with Crippen molar-refractivity contribution in [3.63, 3.8) is 0 Å². The lowest BCUT2D eigenvalue weighted by Crippen LogP contribution is -2.17. The van der Waals surface area contributed by atoms with Crippen molar-refractivity contribution in [3.05, 3.63) is 18.5 Å². The number of hydrogen-bond acceptors (Lipinski definition) is 5. The van der Waals surface area contributed by atoms with Gasteiger partial charge in [-0.05, 0) is 0 Å². The van der Waals surface area contributed by atoms with Crippen LogP contribution in [0, 0.1) is 0 Å². The van der Waals surface area contributed by atoms with Crippen molar-refractivity contribution < 1.29 is 13.2 Å². The van der Waals surface area contributed by atoms with Crippen molar-refractivity contribution in [2.24, 2.45) is 0 Å². The van der Waals surface area contributed by atoms with Gasteiger partial charge in [-0.3, -0.25) is 4.68 Å². The lowest BCUT2D eigenvalue weighted by molar-refractivity contribution is -0.142. The molecule has 2 aromatic rings. The van der Waals surface area contributed by atoms with E-state index >= 15 is 0 Å². The van der Waals surface area contributed by atoms with Crippen LogP contribution in [0.3, 0.4) is 0 Å². The van der Waals surface area contributed by atoms with Gasteiger partial charge in [-0.15, -0.1) is 0 Å². The van der Waals surface area contributed by atoms with Crippen LogP contribution in [0.4, 0.5) is 24.9 Å². The van der Waals surface area contributed by atoms with Crippen LogP contribution >= 0.6 is 0 Å². The van der Waals surface area contributed by atoms with Gasteiger partial charge in [0.25, 0.3) is 0 Å². The Hall–Kier alpha value is -2.32. The van der Waals surface area contributed by atoms with E-state index in [0.717, 1.165) is 4.68 Å². The maximum atomic E-state index is 12.2. The Morgan fingerprint density at radius 1 is 1.22 bits per heavy atom. The third-order valence-corrected chi connectivity index (χ3v) is 2.03. The highest BCUT2D eigenvalue weighted by Crippen LogP contribution is 2.21. The van der Waals surface area contributed by atoms with Gasteiger partial charge in [0, 0.05) is 17.8 Å². The molecule has 2 rings (SSSR count). The SMILES string of the molecule is Nc1cc(-c2cnn(CC(F)(F)F)c2)nc(N)n1. The fraction of sp³-hybridized carbons (Fsp3) is 0.222. The van der Waals surface area contributed by atoms with Gasteiger partial charge in [0.2, 0.25) is 5.95 Å². The van der Waals surface area contributed by atoms with Gasteiger partial charge in [-0.25, -0.2) is 4.98 Å². The molecule has 0 spiro atoms. The summed E-state index contributed by atoms with van der Waals surface area (Å²) in [6.07, 6.45) is -1.85. The molecule has 0 bridgehead atoms. The quantitative estimate of drug-likeness (QED) is 0.839. The Bertz CT molecular complexity index is 541. The number of alkyl halides is 3. The summed E-state index contributed by atoms with van der Waals surface area (Å²) in [5.41, 5.74) is 11.6. The maximum absolute atomic E-state index is 12.2. The number of hydrogen-bond donors (Lipinski definition) is 2. The zero-order valence-corrected chi connectivity index (χ0v) is 9.02. The first-order valence-corrected chi connectivity index (χ1v) is 4.83. The van der Waals surface area contributed by atoms with Crippen molar-refractivity contribution in [2.45, 2.75) is 12.7 Å². The number of anilines is 2. The topological polar surface area (TPSA) is 95.6 Å².